The van der Waals surface area contributed by atoms with Gasteiger partial charge in [0.25, 0.3) is 0 Å². The van der Waals surface area contributed by atoms with E-state index in [-0.39, 0.29) is 5.92 Å². The van der Waals surface area contributed by atoms with Gasteiger partial charge in [0.05, 0.1) is 0 Å². The van der Waals surface area contributed by atoms with Crippen molar-refractivity contribution in [2.45, 2.75) is 51.2 Å². The molecule has 0 bridgehead atoms. The Balaban J connectivity index is 1.35. The molecule has 24 heavy (non-hydrogen) atoms. The quantitative estimate of drug-likeness (QED) is 0.931. The fourth-order valence-electron chi connectivity index (χ4n) is 4.08. The van der Waals surface area contributed by atoms with Crippen LogP contribution in [0.5, 0.6) is 0 Å². The molecule has 1 saturated heterocycles. The molecule has 1 atom stereocenters. The summed E-state index contributed by atoms with van der Waals surface area (Å²) in [7, 11) is 1.94. The van der Waals surface area contributed by atoms with Crippen LogP contribution in [0.15, 0.2) is 16.9 Å². The third-order valence-electron chi connectivity index (χ3n) is 5.61. The summed E-state index contributed by atoms with van der Waals surface area (Å²) < 4.78 is 7.44. The van der Waals surface area contributed by atoms with Gasteiger partial charge >= 0.3 is 0 Å². The Bertz CT molecular complexity index is 685. The minimum Gasteiger partial charge on any atom is -0.385 e. The molecule has 2 aliphatic rings. The van der Waals surface area contributed by atoms with Crippen LogP contribution in [0, 0.1) is 5.92 Å². The van der Waals surface area contributed by atoms with E-state index < -0.39 is 6.10 Å². The van der Waals surface area contributed by atoms with Crippen molar-refractivity contribution in [1.82, 2.24) is 19.6 Å². The number of hydrogen-bond acceptors (Lipinski definition) is 5. The van der Waals surface area contributed by atoms with Crippen molar-refractivity contribution in [3.8, 4) is 0 Å². The molecule has 130 valence electrons. The average Bonchev–Trinajstić information content (AvgIpc) is 3.22. The van der Waals surface area contributed by atoms with E-state index in [9.17, 15) is 5.11 Å². The van der Waals surface area contributed by atoms with Gasteiger partial charge in [-0.2, -0.15) is 0 Å². The van der Waals surface area contributed by atoms with E-state index in [1.54, 1.807) is 6.20 Å². The molecule has 1 fully saturated rings. The Labute approximate surface area is 142 Å². The second-order valence-corrected chi connectivity index (χ2v) is 7.19. The first-order valence-electron chi connectivity index (χ1n) is 9.06. The molecule has 0 aromatic carbocycles. The Morgan fingerprint density at radius 2 is 2.08 bits per heavy atom. The molecule has 2 aromatic rings. The summed E-state index contributed by atoms with van der Waals surface area (Å²) in [4.78, 5) is 6.73. The fraction of sp³-hybridized carbons (Fsp3) is 0.667. The van der Waals surface area contributed by atoms with Gasteiger partial charge in [-0.15, -0.1) is 0 Å². The molecule has 2 aromatic heterocycles. The van der Waals surface area contributed by atoms with Crippen LogP contribution in [0.25, 0.3) is 0 Å². The van der Waals surface area contributed by atoms with Crippen molar-refractivity contribution in [3.63, 3.8) is 0 Å². The Hall–Kier alpha value is -1.66. The van der Waals surface area contributed by atoms with E-state index in [0.717, 1.165) is 62.6 Å². The maximum absolute atomic E-state index is 10.6. The van der Waals surface area contributed by atoms with Gasteiger partial charge in [0.15, 0.2) is 0 Å². The van der Waals surface area contributed by atoms with Gasteiger partial charge < -0.3 is 14.2 Å². The Morgan fingerprint density at radius 3 is 2.83 bits per heavy atom. The number of aliphatic hydroxyl groups is 1. The summed E-state index contributed by atoms with van der Waals surface area (Å²) in [5, 5.41) is 14.9. The zero-order chi connectivity index (χ0) is 16.5. The number of aliphatic hydroxyl groups excluding tert-OH is 1. The van der Waals surface area contributed by atoms with Crippen molar-refractivity contribution >= 4 is 0 Å². The summed E-state index contributed by atoms with van der Waals surface area (Å²) >= 11 is 0. The predicted octanol–water partition coefficient (Wildman–Crippen LogP) is 2.23. The van der Waals surface area contributed by atoms with E-state index in [4.69, 9.17) is 4.52 Å². The molecule has 0 saturated carbocycles. The first-order valence-corrected chi connectivity index (χ1v) is 9.06. The van der Waals surface area contributed by atoms with Crippen LogP contribution in [0.4, 0.5) is 0 Å². The summed E-state index contributed by atoms with van der Waals surface area (Å²) in [6.07, 6.45) is 9.79. The van der Waals surface area contributed by atoms with Crippen molar-refractivity contribution in [2.24, 2.45) is 13.0 Å². The summed E-state index contributed by atoms with van der Waals surface area (Å²) in [6, 6.07) is 0. The topological polar surface area (TPSA) is 67.3 Å². The fourth-order valence-corrected chi connectivity index (χ4v) is 4.08. The maximum Gasteiger partial charge on any atom is 0.140 e. The number of nitrogens with zero attached hydrogens (tertiary/aromatic N) is 4. The zero-order valence-corrected chi connectivity index (χ0v) is 14.3. The van der Waals surface area contributed by atoms with Crippen molar-refractivity contribution < 1.29 is 9.63 Å². The van der Waals surface area contributed by atoms with E-state index in [1.165, 1.54) is 18.4 Å². The summed E-state index contributed by atoms with van der Waals surface area (Å²) in [5.74, 6) is 2.17. The van der Waals surface area contributed by atoms with Crippen molar-refractivity contribution in [1.29, 1.82) is 0 Å². The minimum atomic E-state index is -0.466. The predicted molar refractivity (Wildman–Crippen MR) is 89.3 cm³/mol. The van der Waals surface area contributed by atoms with Crippen LogP contribution >= 0.6 is 0 Å². The first kappa shape index (κ1) is 15.8. The molecule has 6 nitrogen and oxygen atoms in total. The highest BCUT2D eigenvalue weighted by Crippen LogP contribution is 2.31. The Kier molecular flexibility index (Phi) is 4.41. The number of hydrogen-bond donors (Lipinski definition) is 1. The van der Waals surface area contributed by atoms with Gasteiger partial charge in [-0.05, 0) is 51.1 Å². The van der Waals surface area contributed by atoms with Gasteiger partial charge in [0, 0.05) is 38.0 Å². The highest BCUT2D eigenvalue weighted by Gasteiger charge is 2.29. The van der Waals surface area contributed by atoms with E-state index in [0.29, 0.717) is 0 Å². The van der Waals surface area contributed by atoms with Gasteiger partial charge in [0.1, 0.15) is 23.4 Å². The number of aryl methyl sites for hydroxylation is 2. The molecule has 0 spiro atoms. The van der Waals surface area contributed by atoms with Crippen molar-refractivity contribution in [2.75, 3.05) is 13.1 Å². The maximum atomic E-state index is 10.6. The average molecular weight is 330 g/mol. The lowest BCUT2D eigenvalue weighted by Gasteiger charge is -2.33. The second kappa shape index (κ2) is 6.69. The van der Waals surface area contributed by atoms with Crippen LogP contribution in [0.3, 0.4) is 0 Å². The van der Waals surface area contributed by atoms with Gasteiger partial charge in [-0.25, -0.2) is 4.98 Å². The van der Waals surface area contributed by atoms with E-state index >= 15 is 0 Å². The highest BCUT2D eigenvalue weighted by atomic mass is 16.5. The monoisotopic (exact) mass is 330 g/mol. The van der Waals surface area contributed by atoms with Gasteiger partial charge in [0.2, 0.25) is 0 Å². The minimum absolute atomic E-state index is 0.286. The zero-order valence-electron chi connectivity index (χ0n) is 14.3. The molecule has 6 heteroatoms. The second-order valence-electron chi connectivity index (χ2n) is 7.19. The van der Waals surface area contributed by atoms with Crippen LogP contribution in [-0.4, -0.2) is 37.8 Å². The van der Waals surface area contributed by atoms with Crippen LogP contribution in [-0.2, 0) is 26.4 Å². The molecule has 0 unspecified atom stereocenters. The largest absolute Gasteiger partial charge is 0.385 e. The number of piperidine rings is 1. The third-order valence-corrected chi connectivity index (χ3v) is 5.61. The SMILES string of the molecule is Cn1ccnc1[C@@H](O)C1CCN(Cc2noc3c2CCCC3)CC1. The molecular formula is C18H26N4O2. The number of likely N-dealkylation sites (tertiary alicyclic amines) is 1. The molecule has 0 radical (unpaired) electrons. The molecular weight excluding hydrogens is 304 g/mol. The van der Waals surface area contributed by atoms with Crippen LogP contribution in [0.1, 0.15) is 54.6 Å². The normalized spacial score (nSPS) is 20.9. The lowest BCUT2D eigenvalue weighted by atomic mass is 9.90. The molecule has 1 N–H and O–H groups in total. The highest BCUT2D eigenvalue weighted by molar-refractivity contribution is 5.25. The smallest absolute Gasteiger partial charge is 0.140 e. The first-order chi connectivity index (χ1) is 11.7. The van der Waals surface area contributed by atoms with Crippen LogP contribution in [0.2, 0.25) is 0 Å². The van der Waals surface area contributed by atoms with Gasteiger partial charge in [-0.3, -0.25) is 4.90 Å². The lowest BCUT2D eigenvalue weighted by Crippen LogP contribution is -2.36. The number of aromatic nitrogens is 3. The molecule has 3 heterocycles. The molecule has 0 amide bonds. The van der Waals surface area contributed by atoms with Gasteiger partial charge in [-0.1, -0.05) is 5.16 Å². The number of imidazole rings is 1. The number of fused-ring (bicyclic) bond motifs is 1. The summed E-state index contributed by atoms with van der Waals surface area (Å²) in [5.41, 5.74) is 2.49. The Morgan fingerprint density at radius 1 is 1.29 bits per heavy atom. The van der Waals surface area contributed by atoms with E-state index in [1.807, 2.05) is 17.8 Å². The number of rotatable bonds is 4. The van der Waals surface area contributed by atoms with Crippen LogP contribution < -0.4 is 0 Å². The van der Waals surface area contributed by atoms with E-state index in [2.05, 4.69) is 15.0 Å². The molecule has 4 rings (SSSR count). The third kappa shape index (κ3) is 3.00. The lowest BCUT2D eigenvalue weighted by molar-refractivity contribution is 0.0486. The standard InChI is InChI=1S/C18H26N4O2/c1-21-11-8-19-18(21)17(23)13-6-9-22(10-7-13)12-15-14-4-2-3-5-16(14)24-20-15/h8,11,13,17,23H,2-7,9-10,12H2,1H3/t17-/m0/s1. The molecule has 1 aliphatic heterocycles. The summed E-state index contributed by atoms with van der Waals surface area (Å²) in [6.45, 7) is 2.87. The molecule has 1 aliphatic carbocycles. The van der Waals surface area contributed by atoms with Crippen molar-refractivity contribution in [3.05, 3.63) is 35.2 Å².